The largest absolute Gasteiger partial charge is 0.497 e. The van der Waals surface area contributed by atoms with E-state index in [1.165, 1.54) is 12.1 Å². The summed E-state index contributed by atoms with van der Waals surface area (Å²) in [4.78, 5) is 0.0558. The summed E-state index contributed by atoms with van der Waals surface area (Å²) in [5.41, 5.74) is 0.353. The summed E-state index contributed by atoms with van der Waals surface area (Å²) in [6.07, 6.45) is 0. The molecule has 7 heteroatoms. The summed E-state index contributed by atoms with van der Waals surface area (Å²) >= 11 is 0. The average Bonchev–Trinajstić information content (AvgIpc) is 2.51. The van der Waals surface area contributed by atoms with Crippen LogP contribution < -0.4 is 14.2 Å². The van der Waals surface area contributed by atoms with Crippen molar-refractivity contribution in [3.63, 3.8) is 0 Å². The molecule has 0 heterocycles. The Kier molecular flexibility index (Phi) is 5.57. The van der Waals surface area contributed by atoms with E-state index >= 15 is 0 Å². The molecule has 0 aliphatic carbocycles. The van der Waals surface area contributed by atoms with Crippen molar-refractivity contribution in [2.75, 3.05) is 20.3 Å². The van der Waals surface area contributed by atoms with E-state index in [-0.39, 0.29) is 18.0 Å². The summed E-state index contributed by atoms with van der Waals surface area (Å²) in [6, 6.07) is 10.6. The minimum Gasteiger partial charge on any atom is -0.497 e. The highest BCUT2D eigenvalue weighted by Crippen LogP contribution is 2.19. The first-order valence-electron chi connectivity index (χ1n) is 6.95. The third-order valence-electron chi connectivity index (χ3n) is 3.13. The fourth-order valence-corrected chi connectivity index (χ4v) is 3.27. The summed E-state index contributed by atoms with van der Waals surface area (Å²) in [6.45, 7) is 1.80. The van der Waals surface area contributed by atoms with E-state index in [2.05, 4.69) is 4.72 Å². The molecule has 0 aliphatic rings. The molecule has 0 bridgehead atoms. The van der Waals surface area contributed by atoms with Crippen molar-refractivity contribution in [2.24, 2.45) is 0 Å². The molecule has 0 amide bonds. The van der Waals surface area contributed by atoms with Crippen LogP contribution in [0.1, 0.15) is 5.56 Å². The van der Waals surface area contributed by atoms with E-state index in [4.69, 9.17) is 9.47 Å². The maximum atomic E-state index is 13.0. The summed E-state index contributed by atoms with van der Waals surface area (Å²) < 4.78 is 50.3. The smallest absolute Gasteiger partial charge is 0.240 e. The highest BCUT2D eigenvalue weighted by Gasteiger charge is 2.16. The number of benzene rings is 2. The maximum absolute atomic E-state index is 13.0. The fourth-order valence-electron chi connectivity index (χ4n) is 2.03. The molecule has 2 aromatic carbocycles. The van der Waals surface area contributed by atoms with Crippen LogP contribution in [0.3, 0.4) is 0 Å². The third-order valence-corrected chi connectivity index (χ3v) is 4.75. The molecule has 23 heavy (non-hydrogen) atoms. The van der Waals surface area contributed by atoms with Crippen LogP contribution in [0.25, 0.3) is 0 Å². The van der Waals surface area contributed by atoms with Crippen LogP contribution in [0.2, 0.25) is 0 Å². The van der Waals surface area contributed by atoms with Crippen LogP contribution in [0.5, 0.6) is 11.5 Å². The first kappa shape index (κ1) is 17.2. The number of methoxy groups -OCH3 is 1. The molecule has 2 rings (SSSR count). The van der Waals surface area contributed by atoms with Gasteiger partial charge >= 0.3 is 0 Å². The van der Waals surface area contributed by atoms with Crippen molar-refractivity contribution in [2.45, 2.75) is 11.8 Å². The van der Waals surface area contributed by atoms with Gasteiger partial charge in [-0.3, -0.25) is 0 Å². The van der Waals surface area contributed by atoms with Crippen LogP contribution in [-0.2, 0) is 10.0 Å². The van der Waals surface area contributed by atoms with Crippen molar-refractivity contribution in [1.82, 2.24) is 4.72 Å². The molecule has 0 aromatic heterocycles. The normalized spacial score (nSPS) is 11.3. The Hall–Kier alpha value is -2.12. The van der Waals surface area contributed by atoms with Gasteiger partial charge in [-0.2, -0.15) is 0 Å². The van der Waals surface area contributed by atoms with Crippen molar-refractivity contribution < 1.29 is 22.3 Å². The van der Waals surface area contributed by atoms with E-state index in [0.29, 0.717) is 17.1 Å². The Morgan fingerprint density at radius 3 is 2.57 bits per heavy atom. The topological polar surface area (TPSA) is 64.6 Å². The van der Waals surface area contributed by atoms with Gasteiger partial charge < -0.3 is 9.47 Å². The molecular weight excluding hydrogens is 321 g/mol. The lowest BCUT2D eigenvalue weighted by molar-refractivity contribution is 0.320. The Labute approximate surface area is 135 Å². The SMILES string of the molecule is COc1cccc(OCCNS(=O)(=O)c2ccc(F)cc2C)c1. The van der Waals surface area contributed by atoms with E-state index in [1.807, 2.05) is 0 Å². The molecule has 1 N–H and O–H groups in total. The van der Waals surface area contributed by atoms with Crippen molar-refractivity contribution in [3.05, 3.63) is 53.8 Å². The number of aryl methyl sites for hydroxylation is 1. The number of halogens is 1. The predicted octanol–water partition coefficient (Wildman–Crippen LogP) is 2.50. The summed E-state index contributed by atoms with van der Waals surface area (Å²) in [7, 11) is -2.14. The van der Waals surface area contributed by atoms with Gasteiger partial charge in [-0.1, -0.05) is 6.07 Å². The monoisotopic (exact) mass is 339 g/mol. The van der Waals surface area contributed by atoms with Gasteiger partial charge in [0.15, 0.2) is 0 Å². The van der Waals surface area contributed by atoms with E-state index in [0.717, 1.165) is 6.07 Å². The van der Waals surface area contributed by atoms with Gasteiger partial charge in [0.05, 0.1) is 12.0 Å². The molecule has 0 aliphatic heterocycles. The first-order valence-corrected chi connectivity index (χ1v) is 8.43. The molecule has 0 saturated heterocycles. The lowest BCUT2D eigenvalue weighted by Crippen LogP contribution is -2.28. The second-order valence-corrected chi connectivity index (χ2v) is 6.57. The van der Waals surface area contributed by atoms with Gasteiger partial charge in [0, 0.05) is 12.6 Å². The number of hydrogen-bond donors (Lipinski definition) is 1. The number of hydrogen-bond acceptors (Lipinski definition) is 4. The highest BCUT2D eigenvalue weighted by molar-refractivity contribution is 7.89. The molecule has 2 aromatic rings. The van der Waals surface area contributed by atoms with Crippen LogP contribution in [0.15, 0.2) is 47.4 Å². The van der Waals surface area contributed by atoms with Crippen molar-refractivity contribution >= 4 is 10.0 Å². The quantitative estimate of drug-likeness (QED) is 0.787. The Balaban J connectivity index is 1.92. The van der Waals surface area contributed by atoms with E-state index in [1.54, 1.807) is 38.3 Å². The predicted molar refractivity (Wildman–Crippen MR) is 84.8 cm³/mol. The molecule has 0 radical (unpaired) electrons. The standard InChI is InChI=1S/C16H18FNO4S/c1-12-10-13(17)6-7-16(12)23(19,20)18-8-9-22-15-5-3-4-14(11-15)21-2/h3-7,10-11,18H,8-9H2,1-2H3. The lowest BCUT2D eigenvalue weighted by atomic mass is 10.2. The van der Waals surface area contributed by atoms with Crippen LogP contribution >= 0.6 is 0 Å². The Morgan fingerprint density at radius 2 is 1.87 bits per heavy atom. The number of nitrogens with one attached hydrogen (secondary N) is 1. The molecule has 0 spiro atoms. The van der Waals surface area contributed by atoms with E-state index in [9.17, 15) is 12.8 Å². The lowest BCUT2D eigenvalue weighted by Gasteiger charge is -2.11. The van der Waals surface area contributed by atoms with Gasteiger partial charge in [-0.05, 0) is 42.8 Å². The molecule has 0 atom stereocenters. The van der Waals surface area contributed by atoms with Crippen molar-refractivity contribution in [3.8, 4) is 11.5 Å². The van der Waals surface area contributed by atoms with Gasteiger partial charge in [0.1, 0.15) is 23.9 Å². The maximum Gasteiger partial charge on any atom is 0.240 e. The Bertz CT molecular complexity index is 777. The highest BCUT2D eigenvalue weighted by atomic mass is 32.2. The van der Waals surface area contributed by atoms with Gasteiger partial charge in [0.25, 0.3) is 0 Å². The number of sulfonamides is 1. The minimum atomic E-state index is -3.70. The molecule has 0 saturated carbocycles. The Morgan fingerprint density at radius 1 is 1.13 bits per heavy atom. The molecule has 0 unspecified atom stereocenters. The second-order valence-electron chi connectivity index (χ2n) is 4.84. The molecule has 0 fully saturated rings. The van der Waals surface area contributed by atoms with Gasteiger partial charge in [0.2, 0.25) is 10.0 Å². The van der Waals surface area contributed by atoms with Crippen LogP contribution in [0, 0.1) is 12.7 Å². The zero-order valence-electron chi connectivity index (χ0n) is 12.9. The average molecular weight is 339 g/mol. The summed E-state index contributed by atoms with van der Waals surface area (Å²) in [5, 5.41) is 0. The summed E-state index contributed by atoms with van der Waals surface area (Å²) in [5.74, 6) is 0.773. The van der Waals surface area contributed by atoms with Crippen LogP contribution in [-0.4, -0.2) is 28.7 Å². The molecular formula is C16H18FNO4S. The van der Waals surface area contributed by atoms with Gasteiger partial charge in [-0.15, -0.1) is 0 Å². The van der Waals surface area contributed by atoms with E-state index < -0.39 is 15.8 Å². The minimum absolute atomic E-state index is 0.0558. The fraction of sp³-hybridized carbons (Fsp3) is 0.250. The molecule has 124 valence electrons. The number of rotatable bonds is 7. The number of ether oxygens (including phenoxy) is 2. The second kappa shape index (κ2) is 7.43. The van der Waals surface area contributed by atoms with Crippen molar-refractivity contribution in [1.29, 1.82) is 0 Å². The van der Waals surface area contributed by atoms with Crippen LogP contribution in [0.4, 0.5) is 4.39 Å². The first-order chi connectivity index (χ1) is 10.9. The molecule has 5 nitrogen and oxygen atoms in total. The third kappa shape index (κ3) is 4.67. The zero-order valence-corrected chi connectivity index (χ0v) is 13.7. The van der Waals surface area contributed by atoms with Gasteiger partial charge in [-0.25, -0.2) is 17.5 Å². The zero-order chi connectivity index (χ0) is 16.9.